The number of hydrogen-bond acceptors (Lipinski definition) is 1. The molecule has 1 rings (SSSR count). The Kier molecular flexibility index (Phi) is 2.12. The van der Waals surface area contributed by atoms with E-state index in [1.165, 1.54) is 24.3 Å². The van der Waals surface area contributed by atoms with Crippen LogP contribution >= 0.6 is 7.37 Å². The first-order chi connectivity index (χ1) is 5.02. The van der Waals surface area contributed by atoms with Crippen molar-refractivity contribution in [2.24, 2.45) is 0 Å². The van der Waals surface area contributed by atoms with Crippen molar-refractivity contribution < 1.29 is 13.8 Å². The maximum Gasteiger partial charge on any atom is 0.229 e. The summed E-state index contributed by atoms with van der Waals surface area (Å²) < 4.78 is 23.7. The molecule has 0 aromatic heterocycles. The van der Waals surface area contributed by atoms with E-state index in [1.807, 2.05) is 0 Å². The van der Waals surface area contributed by atoms with Crippen LogP contribution in [-0.2, 0) is 4.57 Å². The largest absolute Gasteiger partial charge is 0.341 e. The van der Waals surface area contributed by atoms with Crippen LogP contribution in [0.3, 0.4) is 0 Å². The van der Waals surface area contributed by atoms with Gasteiger partial charge in [0.1, 0.15) is 5.82 Å². The zero-order valence-corrected chi connectivity index (χ0v) is 6.88. The molecular weight excluding hydrogens is 166 g/mol. The molecule has 0 fully saturated rings. The van der Waals surface area contributed by atoms with Crippen molar-refractivity contribution >= 4 is 12.7 Å². The molecular formula is C7H8FO2P. The van der Waals surface area contributed by atoms with Crippen LogP contribution in [0.25, 0.3) is 0 Å². The van der Waals surface area contributed by atoms with Gasteiger partial charge in [-0.15, -0.1) is 0 Å². The Labute approximate surface area is 64.1 Å². The van der Waals surface area contributed by atoms with Crippen molar-refractivity contribution in [1.29, 1.82) is 0 Å². The standard InChI is InChI=1S/C7H8FO2P/c1-11(9,10)7-5-3-2-4-6(7)8/h2-5H,1H3,(H,9,10). The smallest absolute Gasteiger partial charge is 0.229 e. The van der Waals surface area contributed by atoms with Crippen LogP contribution in [0.4, 0.5) is 4.39 Å². The Balaban J connectivity index is 3.25. The number of halogens is 1. The van der Waals surface area contributed by atoms with E-state index in [0.717, 1.165) is 6.66 Å². The fraction of sp³-hybridized carbons (Fsp3) is 0.143. The Morgan fingerprint density at radius 3 is 2.36 bits per heavy atom. The molecule has 0 spiro atoms. The van der Waals surface area contributed by atoms with Crippen molar-refractivity contribution in [3.63, 3.8) is 0 Å². The van der Waals surface area contributed by atoms with Gasteiger partial charge in [-0.2, -0.15) is 0 Å². The highest BCUT2D eigenvalue weighted by molar-refractivity contribution is 7.65. The van der Waals surface area contributed by atoms with Gasteiger partial charge in [0.15, 0.2) is 0 Å². The third kappa shape index (κ3) is 1.88. The molecule has 0 aliphatic heterocycles. The lowest BCUT2D eigenvalue weighted by Crippen LogP contribution is -2.07. The van der Waals surface area contributed by atoms with E-state index >= 15 is 0 Å². The van der Waals surface area contributed by atoms with E-state index in [4.69, 9.17) is 4.89 Å². The zero-order chi connectivity index (χ0) is 8.48. The van der Waals surface area contributed by atoms with E-state index in [9.17, 15) is 8.96 Å². The zero-order valence-electron chi connectivity index (χ0n) is 5.99. The lowest BCUT2D eigenvalue weighted by atomic mass is 10.3. The molecule has 0 heterocycles. The number of rotatable bonds is 1. The van der Waals surface area contributed by atoms with Gasteiger partial charge in [-0.25, -0.2) is 4.39 Å². The molecule has 0 aliphatic carbocycles. The predicted molar refractivity (Wildman–Crippen MR) is 41.8 cm³/mol. The summed E-state index contributed by atoms with van der Waals surface area (Å²) in [5.41, 5.74) is 0. The van der Waals surface area contributed by atoms with Gasteiger partial charge in [-0.3, -0.25) is 4.57 Å². The first kappa shape index (κ1) is 8.44. The van der Waals surface area contributed by atoms with Crippen LogP contribution < -0.4 is 5.30 Å². The molecule has 0 bridgehead atoms. The van der Waals surface area contributed by atoms with Gasteiger partial charge in [-0.1, -0.05) is 12.1 Å². The van der Waals surface area contributed by atoms with E-state index in [1.54, 1.807) is 0 Å². The normalized spacial score (nSPS) is 15.9. The molecule has 4 heteroatoms. The van der Waals surface area contributed by atoms with Crippen LogP contribution in [0.5, 0.6) is 0 Å². The maximum absolute atomic E-state index is 12.8. The molecule has 1 N–H and O–H groups in total. The Bertz CT molecular complexity index is 305. The van der Waals surface area contributed by atoms with Gasteiger partial charge in [0.25, 0.3) is 0 Å². The highest BCUT2D eigenvalue weighted by Crippen LogP contribution is 2.34. The Morgan fingerprint density at radius 1 is 1.45 bits per heavy atom. The molecule has 0 saturated heterocycles. The Morgan fingerprint density at radius 2 is 2.00 bits per heavy atom. The van der Waals surface area contributed by atoms with Crippen molar-refractivity contribution in [3.8, 4) is 0 Å². The van der Waals surface area contributed by atoms with Gasteiger partial charge in [0, 0.05) is 6.66 Å². The summed E-state index contributed by atoms with van der Waals surface area (Å²) >= 11 is 0. The predicted octanol–water partition coefficient (Wildman–Crippen LogP) is 1.35. The van der Waals surface area contributed by atoms with E-state index in [-0.39, 0.29) is 5.30 Å². The van der Waals surface area contributed by atoms with E-state index in [2.05, 4.69) is 0 Å². The summed E-state index contributed by atoms with van der Waals surface area (Å²) in [5.74, 6) is -0.624. The second-order valence-electron chi connectivity index (χ2n) is 2.33. The second-order valence-corrected chi connectivity index (χ2v) is 4.57. The van der Waals surface area contributed by atoms with Crippen LogP contribution in [0.2, 0.25) is 0 Å². The van der Waals surface area contributed by atoms with Crippen LogP contribution in [0.1, 0.15) is 0 Å². The van der Waals surface area contributed by atoms with Crippen LogP contribution in [-0.4, -0.2) is 11.6 Å². The third-order valence-electron chi connectivity index (χ3n) is 1.30. The van der Waals surface area contributed by atoms with Gasteiger partial charge in [-0.05, 0) is 12.1 Å². The van der Waals surface area contributed by atoms with Gasteiger partial charge in [0.05, 0.1) is 5.30 Å². The third-order valence-corrected chi connectivity index (χ3v) is 2.56. The molecule has 0 saturated carbocycles. The minimum atomic E-state index is -3.43. The van der Waals surface area contributed by atoms with Gasteiger partial charge < -0.3 is 4.89 Å². The quantitative estimate of drug-likeness (QED) is 0.652. The minimum absolute atomic E-state index is 0.111. The molecule has 1 aromatic carbocycles. The van der Waals surface area contributed by atoms with Crippen molar-refractivity contribution in [3.05, 3.63) is 30.1 Å². The molecule has 0 radical (unpaired) electrons. The fourth-order valence-electron chi connectivity index (χ4n) is 0.788. The lowest BCUT2D eigenvalue weighted by Gasteiger charge is -2.04. The van der Waals surface area contributed by atoms with Crippen LogP contribution in [0, 0.1) is 5.82 Å². The number of hydrogen-bond donors (Lipinski definition) is 1. The Hall–Kier alpha value is -0.660. The van der Waals surface area contributed by atoms with Gasteiger partial charge in [0.2, 0.25) is 7.37 Å². The summed E-state index contributed by atoms with van der Waals surface area (Å²) in [6.45, 7) is 1.12. The van der Waals surface area contributed by atoms with Crippen molar-refractivity contribution in [1.82, 2.24) is 0 Å². The molecule has 1 unspecified atom stereocenters. The molecule has 60 valence electrons. The monoisotopic (exact) mass is 174 g/mol. The lowest BCUT2D eigenvalue weighted by molar-refractivity contribution is 0.494. The average Bonchev–Trinajstić information content (AvgIpc) is 1.86. The SMILES string of the molecule is CP(=O)(O)c1ccccc1F. The molecule has 1 atom stereocenters. The number of benzene rings is 1. The minimum Gasteiger partial charge on any atom is -0.341 e. The van der Waals surface area contributed by atoms with E-state index < -0.39 is 13.2 Å². The van der Waals surface area contributed by atoms with Crippen molar-refractivity contribution in [2.75, 3.05) is 6.66 Å². The van der Waals surface area contributed by atoms with Crippen molar-refractivity contribution in [2.45, 2.75) is 0 Å². The second kappa shape index (κ2) is 2.76. The summed E-state index contributed by atoms with van der Waals surface area (Å²) in [4.78, 5) is 8.99. The first-order valence-corrected chi connectivity index (χ1v) is 5.18. The molecule has 2 nitrogen and oxygen atoms in total. The van der Waals surface area contributed by atoms with E-state index in [0.29, 0.717) is 0 Å². The molecule has 0 aliphatic rings. The fourth-order valence-corrected chi connectivity index (χ4v) is 1.62. The maximum atomic E-state index is 12.8. The summed E-state index contributed by atoms with van der Waals surface area (Å²) in [6.07, 6.45) is 0. The van der Waals surface area contributed by atoms with Crippen LogP contribution in [0.15, 0.2) is 24.3 Å². The average molecular weight is 174 g/mol. The highest BCUT2D eigenvalue weighted by atomic mass is 31.2. The summed E-state index contributed by atoms with van der Waals surface area (Å²) in [6, 6.07) is 5.50. The molecule has 1 aromatic rings. The first-order valence-electron chi connectivity index (χ1n) is 3.07. The summed E-state index contributed by atoms with van der Waals surface area (Å²) in [7, 11) is -3.43. The van der Waals surface area contributed by atoms with Gasteiger partial charge >= 0.3 is 0 Å². The summed E-state index contributed by atoms with van der Waals surface area (Å²) in [5, 5.41) is -0.111. The topological polar surface area (TPSA) is 37.3 Å². The molecule has 0 amide bonds. The highest BCUT2D eigenvalue weighted by Gasteiger charge is 2.17. The molecule has 11 heavy (non-hydrogen) atoms.